The van der Waals surface area contributed by atoms with E-state index in [0.717, 1.165) is 75.4 Å². The lowest BCUT2D eigenvalue weighted by molar-refractivity contribution is -0.274. The Labute approximate surface area is 289 Å². The van der Waals surface area contributed by atoms with E-state index < -0.39 is 23.4 Å². The maximum atomic E-state index is 13.8. The second kappa shape index (κ2) is 15.1. The summed E-state index contributed by atoms with van der Waals surface area (Å²) in [6.45, 7) is 8.30. The van der Waals surface area contributed by atoms with Crippen LogP contribution in [0.5, 0.6) is 5.75 Å². The summed E-state index contributed by atoms with van der Waals surface area (Å²) in [7, 11) is 0. The van der Waals surface area contributed by atoms with E-state index in [1.165, 1.54) is 12.5 Å². The molecule has 5 rings (SSSR count). The minimum Gasteiger partial charge on any atom is -0.451 e. The standard InChI is InChI=1S/C37H45ClF3N3O5/c1-35(2,3)43-34(47)36(25-7-5-4-6-8-25)16-19-44(20-17-36)18-15-27(21-24-9-11-26(38)12-10-24)42-33(46)32-23-30(45)29-22-28(49-37(39,40)41)13-14-31(29)48-32/h9-14,22-23,25,27H,4-8,15-21H2,1-3H3,(H,42,46)(H,43,47)/t27-/m1/s1. The molecule has 0 spiro atoms. The number of carbonyl (C=O) groups is 2. The highest BCUT2D eigenvalue weighted by molar-refractivity contribution is 6.30. The fourth-order valence-corrected chi connectivity index (χ4v) is 7.41. The predicted octanol–water partition coefficient (Wildman–Crippen LogP) is 7.65. The Bertz CT molecular complexity index is 1670. The quantitative estimate of drug-likeness (QED) is 0.225. The van der Waals surface area contributed by atoms with E-state index in [4.69, 9.17) is 16.0 Å². The van der Waals surface area contributed by atoms with E-state index >= 15 is 0 Å². The molecule has 12 heteroatoms. The zero-order chi connectivity index (χ0) is 35.4. The molecule has 2 heterocycles. The Morgan fingerprint density at radius 3 is 2.33 bits per heavy atom. The molecule has 1 aliphatic carbocycles. The van der Waals surface area contributed by atoms with Crippen molar-refractivity contribution in [3.05, 3.63) is 75.1 Å². The molecule has 2 aliphatic rings. The third kappa shape index (κ3) is 9.78. The molecule has 2 fully saturated rings. The summed E-state index contributed by atoms with van der Waals surface area (Å²) in [4.78, 5) is 42.4. The van der Waals surface area contributed by atoms with Crippen molar-refractivity contribution in [2.75, 3.05) is 19.6 Å². The van der Waals surface area contributed by atoms with Crippen molar-refractivity contribution in [1.82, 2.24) is 15.5 Å². The smallest absolute Gasteiger partial charge is 0.451 e. The average molecular weight is 704 g/mol. The van der Waals surface area contributed by atoms with E-state index in [9.17, 15) is 27.6 Å². The zero-order valence-corrected chi connectivity index (χ0v) is 29.0. The van der Waals surface area contributed by atoms with Crippen LogP contribution < -0.4 is 20.8 Å². The molecule has 0 bridgehead atoms. The summed E-state index contributed by atoms with van der Waals surface area (Å²) < 4.78 is 47.6. The number of halogens is 4. The highest BCUT2D eigenvalue weighted by Crippen LogP contribution is 2.46. The van der Waals surface area contributed by atoms with Crippen LogP contribution in [0.1, 0.15) is 88.3 Å². The molecule has 266 valence electrons. The van der Waals surface area contributed by atoms with Gasteiger partial charge in [0.05, 0.1) is 10.8 Å². The number of likely N-dealkylation sites (tertiary alicyclic amines) is 1. The van der Waals surface area contributed by atoms with Crippen LogP contribution in [-0.2, 0) is 11.2 Å². The van der Waals surface area contributed by atoms with Gasteiger partial charge in [0.25, 0.3) is 5.91 Å². The molecule has 1 saturated carbocycles. The third-order valence-electron chi connectivity index (χ3n) is 9.76. The zero-order valence-electron chi connectivity index (χ0n) is 28.3. The second-order valence-corrected chi connectivity index (χ2v) is 14.9. The van der Waals surface area contributed by atoms with Gasteiger partial charge in [-0.2, -0.15) is 0 Å². The normalized spacial score (nSPS) is 18.2. The first-order valence-corrected chi connectivity index (χ1v) is 17.4. The van der Waals surface area contributed by atoms with E-state index in [1.54, 1.807) is 12.1 Å². The number of alkyl halides is 3. The minimum absolute atomic E-state index is 0.0355. The van der Waals surface area contributed by atoms with Crippen LogP contribution in [0, 0.1) is 11.3 Å². The number of piperidine rings is 1. The van der Waals surface area contributed by atoms with Crippen LogP contribution in [0.4, 0.5) is 13.2 Å². The molecule has 2 N–H and O–H groups in total. The van der Waals surface area contributed by atoms with Crippen molar-refractivity contribution in [1.29, 1.82) is 0 Å². The van der Waals surface area contributed by atoms with Crippen molar-refractivity contribution in [2.24, 2.45) is 11.3 Å². The number of nitrogens with one attached hydrogen (secondary N) is 2. The van der Waals surface area contributed by atoms with Crippen LogP contribution in [0.25, 0.3) is 11.0 Å². The Morgan fingerprint density at radius 2 is 1.69 bits per heavy atom. The molecular formula is C37H45ClF3N3O5. The van der Waals surface area contributed by atoms with E-state index in [1.807, 2.05) is 32.9 Å². The summed E-state index contributed by atoms with van der Waals surface area (Å²) in [6.07, 6.45) is 3.45. The van der Waals surface area contributed by atoms with Gasteiger partial charge in [-0.05, 0) is 114 Å². The number of benzene rings is 2. The molecule has 1 atom stereocenters. The highest BCUT2D eigenvalue weighted by Gasteiger charge is 2.48. The van der Waals surface area contributed by atoms with Gasteiger partial charge in [-0.3, -0.25) is 14.4 Å². The van der Waals surface area contributed by atoms with E-state index in [-0.39, 0.29) is 39.6 Å². The van der Waals surface area contributed by atoms with Gasteiger partial charge in [0.2, 0.25) is 5.91 Å². The number of ether oxygens (including phenoxy) is 1. The monoisotopic (exact) mass is 703 g/mol. The van der Waals surface area contributed by atoms with Crippen molar-refractivity contribution < 1.29 is 31.9 Å². The number of amides is 2. The summed E-state index contributed by atoms with van der Waals surface area (Å²) in [6, 6.07) is 11.1. The van der Waals surface area contributed by atoms with Gasteiger partial charge in [-0.1, -0.05) is 43.0 Å². The van der Waals surface area contributed by atoms with Gasteiger partial charge in [-0.15, -0.1) is 13.2 Å². The summed E-state index contributed by atoms with van der Waals surface area (Å²) in [5.41, 5.74) is -0.433. The number of hydrogen-bond donors (Lipinski definition) is 2. The first-order chi connectivity index (χ1) is 23.1. The third-order valence-corrected chi connectivity index (χ3v) is 10.0. The molecule has 8 nitrogen and oxygen atoms in total. The van der Waals surface area contributed by atoms with Gasteiger partial charge < -0.3 is 24.7 Å². The maximum absolute atomic E-state index is 13.8. The Balaban J connectivity index is 1.29. The van der Waals surface area contributed by atoms with Crippen molar-refractivity contribution in [2.45, 2.75) is 96.5 Å². The summed E-state index contributed by atoms with van der Waals surface area (Å²) in [5.74, 6) is -0.870. The Hall–Kier alpha value is -3.57. The Morgan fingerprint density at radius 1 is 1.02 bits per heavy atom. The van der Waals surface area contributed by atoms with Gasteiger partial charge in [-0.25, -0.2) is 0 Å². The fraction of sp³-hybridized carbons (Fsp3) is 0.541. The van der Waals surface area contributed by atoms with Gasteiger partial charge in [0.15, 0.2) is 11.2 Å². The number of carbonyl (C=O) groups excluding carboxylic acids is 2. The van der Waals surface area contributed by atoms with Gasteiger partial charge in [0.1, 0.15) is 11.3 Å². The lowest BCUT2D eigenvalue weighted by Crippen LogP contribution is -2.56. The number of nitrogens with zero attached hydrogens (tertiary/aromatic N) is 1. The lowest BCUT2D eigenvalue weighted by Gasteiger charge is -2.47. The predicted molar refractivity (Wildman–Crippen MR) is 183 cm³/mol. The van der Waals surface area contributed by atoms with Gasteiger partial charge >= 0.3 is 6.36 Å². The fourth-order valence-electron chi connectivity index (χ4n) is 7.29. The molecule has 1 saturated heterocycles. The van der Waals surface area contributed by atoms with Crippen LogP contribution in [-0.4, -0.2) is 54.3 Å². The van der Waals surface area contributed by atoms with Crippen LogP contribution in [0.3, 0.4) is 0 Å². The van der Waals surface area contributed by atoms with Crippen LogP contribution >= 0.6 is 11.6 Å². The molecule has 3 aromatic rings. The van der Waals surface area contributed by atoms with Crippen molar-refractivity contribution in [3.8, 4) is 5.75 Å². The molecule has 49 heavy (non-hydrogen) atoms. The van der Waals surface area contributed by atoms with Crippen molar-refractivity contribution in [3.63, 3.8) is 0 Å². The van der Waals surface area contributed by atoms with Crippen LogP contribution in [0.15, 0.2) is 57.7 Å². The second-order valence-electron chi connectivity index (χ2n) is 14.5. The number of rotatable bonds is 10. The van der Waals surface area contributed by atoms with E-state index in [0.29, 0.717) is 30.3 Å². The van der Waals surface area contributed by atoms with Crippen molar-refractivity contribution >= 4 is 34.4 Å². The SMILES string of the molecule is CC(C)(C)NC(=O)C1(C2CCCCC2)CCN(CC[C@H](Cc2ccc(Cl)cc2)NC(=O)c2cc(=O)c3cc(OC(F)(F)F)ccc3o2)CC1. The molecule has 1 aliphatic heterocycles. The highest BCUT2D eigenvalue weighted by atomic mass is 35.5. The average Bonchev–Trinajstić information content (AvgIpc) is 3.04. The van der Waals surface area contributed by atoms with E-state index in [2.05, 4.69) is 20.3 Å². The minimum atomic E-state index is -4.92. The van der Waals surface area contributed by atoms with Crippen LogP contribution in [0.2, 0.25) is 5.02 Å². The molecule has 1 aromatic heterocycles. The maximum Gasteiger partial charge on any atom is 0.573 e. The van der Waals surface area contributed by atoms with Gasteiger partial charge in [0, 0.05) is 29.2 Å². The largest absolute Gasteiger partial charge is 0.573 e. The Kier molecular flexibility index (Phi) is 11.3. The number of hydrogen-bond acceptors (Lipinski definition) is 6. The lowest BCUT2D eigenvalue weighted by atomic mass is 9.63. The first-order valence-electron chi connectivity index (χ1n) is 17.0. The summed E-state index contributed by atoms with van der Waals surface area (Å²) >= 11 is 6.11. The summed E-state index contributed by atoms with van der Waals surface area (Å²) in [5, 5.41) is 6.76. The molecule has 0 radical (unpaired) electrons. The topological polar surface area (TPSA) is 101 Å². The first kappa shape index (κ1) is 36.7. The molecular weight excluding hydrogens is 659 g/mol. The molecule has 2 aromatic carbocycles. The molecule has 2 amide bonds. The molecule has 0 unspecified atom stereocenters. The number of fused-ring (bicyclic) bond motifs is 1.